The van der Waals surface area contributed by atoms with Gasteiger partial charge < -0.3 is 19.5 Å². The first-order valence-electron chi connectivity index (χ1n) is 11.0. The molecule has 2 fully saturated rings. The highest BCUT2D eigenvalue weighted by Gasteiger charge is 2.45. The van der Waals surface area contributed by atoms with Crippen molar-refractivity contribution in [2.45, 2.75) is 12.5 Å². The summed E-state index contributed by atoms with van der Waals surface area (Å²) in [6.45, 7) is 4.33. The number of likely N-dealkylation sites (tertiary alicyclic amines) is 1. The summed E-state index contributed by atoms with van der Waals surface area (Å²) in [6, 6.07) is 13.1. The summed E-state index contributed by atoms with van der Waals surface area (Å²) < 4.78 is 10.6. The molecule has 0 saturated carbocycles. The van der Waals surface area contributed by atoms with Gasteiger partial charge in [0.05, 0.1) is 31.9 Å². The van der Waals surface area contributed by atoms with E-state index in [1.54, 1.807) is 60.5 Å². The van der Waals surface area contributed by atoms with Crippen molar-refractivity contribution < 1.29 is 24.2 Å². The molecule has 2 aromatic rings. The number of ether oxygens (including phenoxy) is 2. The molecule has 0 radical (unpaired) electrons. The number of benzene rings is 2. The molecule has 33 heavy (non-hydrogen) atoms. The van der Waals surface area contributed by atoms with Crippen LogP contribution in [0.3, 0.4) is 0 Å². The van der Waals surface area contributed by atoms with Crippen molar-refractivity contribution >= 4 is 29.1 Å². The first kappa shape index (κ1) is 23.3. The van der Waals surface area contributed by atoms with Gasteiger partial charge in [-0.1, -0.05) is 23.7 Å². The Morgan fingerprint density at radius 3 is 2.36 bits per heavy atom. The molecular formula is C25H27ClN2O5. The number of aliphatic hydroxyl groups excluding tert-OH is 1. The summed E-state index contributed by atoms with van der Waals surface area (Å²) >= 11 is 6.07. The zero-order valence-electron chi connectivity index (χ0n) is 18.5. The van der Waals surface area contributed by atoms with Gasteiger partial charge in [0.15, 0.2) is 0 Å². The maximum absolute atomic E-state index is 13.1. The first-order valence-corrected chi connectivity index (χ1v) is 11.4. The fraction of sp³-hybridized carbons (Fsp3) is 0.360. The molecule has 0 spiro atoms. The predicted octanol–water partition coefficient (Wildman–Crippen LogP) is 3.49. The van der Waals surface area contributed by atoms with E-state index in [0.29, 0.717) is 42.5 Å². The quantitative estimate of drug-likeness (QED) is 0.379. The summed E-state index contributed by atoms with van der Waals surface area (Å²) in [5.41, 5.74) is 1.25. The van der Waals surface area contributed by atoms with Crippen LogP contribution in [0.2, 0.25) is 5.02 Å². The number of halogens is 1. The standard InChI is InChI=1S/C25H27ClN2O5/c1-32-20-9-5-18(6-10-20)23(29)21-22(17-3-7-19(26)8-4-17)28(25(31)24(21)30)12-2-11-27-13-15-33-16-14-27/h3-10,22,29H,2,11-16H2,1H3/t22-/m1/s1. The van der Waals surface area contributed by atoms with Gasteiger partial charge in [0.2, 0.25) is 0 Å². The number of carbonyl (C=O) groups is 2. The molecule has 8 heteroatoms. The lowest BCUT2D eigenvalue weighted by Gasteiger charge is -2.29. The molecule has 0 aromatic heterocycles. The Labute approximate surface area is 198 Å². The number of hydrogen-bond donors (Lipinski definition) is 1. The van der Waals surface area contributed by atoms with E-state index < -0.39 is 17.7 Å². The Morgan fingerprint density at radius 1 is 1.06 bits per heavy atom. The lowest BCUT2D eigenvalue weighted by atomic mass is 9.95. The number of rotatable bonds is 7. The molecule has 2 heterocycles. The highest BCUT2D eigenvalue weighted by Crippen LogP contribution is 2.39. The van der Waals surface area contributed by atoms with Gasteiger partial charge in [-0.2, -0.15) is 0 Å². The molecule has 7 nitrogen and oxygen atoms in total. The van der Waals surface area contributed by atoms with Crippen molar-refractivity contribution in [1.82, 2.24) is 9.80 Å². The van der Waals surface area contributed by atoms with Crippen molar-refractivity contribution in [3.8, 4) is 5.75 Å². The lowest BCUT2D eigenvalue weighted by Crippen LogP contribution is -2.38. The second-order valence-electron chi connectivity index (χ2n) is 8.08. The van der Waals surface area contributed by atoms with E-state index >= 15 is 0 Å². The van der Waals surface area contributed by atoms with E-state index in [1.807, 2.05) is 0 Å². The van der Waals surface area contributed by atoms with E-state index in [0.717, 1.165) is 25.2 Å². The Bertz CT molecular complexity index is 1030. The van der Waals surface area contributed by atoms with E-state index in [-0.39, 0.29) is 11.3 Å². The van der Waals surface area contributed by atoms with Gasteiger partial charge in [-0.25, -0.2) is 0 Å². The molecular weight excluding hydrogens is 444 g/mol. The van der Waals surface area contributed by atoms with Crippen LogP contribution >= 0.6 is 11.6 Å². The van der Waals surface area contributed by atoms with Crippen LogP contribution in [0.15, 0.2) is 54.1 Å². The third kappa shape index (κ3) is 5.05. The topological polar surface area (TPSA) is 79.3 Å². The summed E-state index contributed by atoms with van der Waals surface area (Å²) in [4.78, 5) is 30.0. The lowest BCUT2D eigenvalue weighted by molar-refractivity contribution is -0.140. The third-order valence-corrected chi connectivity index (χ3v) is 6.32. The minimum atomic E-state index is -0.686. The van der Waals surface area contributed by atoms with Crippen molar-refractivity contribution in [3.05, 3.63) is 70.3 Å². The van der Waals surface area contributed by atoms with E-state index in [4.69, 9.17) is 21.1 Å². The average Bonchev–Trinajstić information content (AvgIpc) is 3.10. The van der Waals surface area contributed by atoms with Crippen LogP contribution in [-0.4, -0.2) is 73.1 Å². The molecule has 0 bridgehead atoms. The van der Waals surface area contributed by atoms with Crippen molar-refractivity contribution in [2.75, 3.05) is 46.5 Å². The van der Waals surface area contributed by atoms with Gasteiger partial charge in [0.1, 0.15) is 11.5 Å². The Morgan fingerprint density at radius 2 is 1.73 bits per heavy atom. The van der Waals surface area contributed by atoms with Crippen LogP contribution in [-0.2, 0) is 14.3 Å². The Balaban J connectivity index is 1.65. The van der Waals surface area contributed by atoms with E-state index in [1.165, 1.54) is 0 Å². The minimum Gasteiger partial charge on any atom is -0.507 e. The van der Waals surface area contributed by atoms with E-state index in [9.17, 15) is 14.7 Å². The highest BCUT2D eigenvalue weighted by molar-refractivity contribution is 6.46. The van der Waals surface area contributed by atoms with Gasteiger partial charge in [0, 0.05) is 36.8 Å². The van der Waals surface area contributed by atoms with Gasteiger partial charge >= 0.3 is 0 Å². The van der Waals surface area contributed by atoms with Crippen LogP contribution in [0.25, 0.3) is 5.76 Å². The number of Topliss-reactive ketones (excluding diaryl/α,β-unsaturated/α-hetero) is 1. The number of carbonyl (C=O) groups excluding carboxylic acids is 2. The first-order chi connectivity index (χ1) is 16.0. The van der Waals surface area contributed by atoms with Crippen LogP contribution in [0.5, 0.6) is 5.75 Å². The van der Waals surface area contributed by atoms with Gasteiger partial charge in [-0.3, -0.25) is 14.5 Å². The number of aliphatic hydroxyl groups is 1. The second-order valence-corrected chi connectivity index (χ2v) is 8.52. The minimum absolute atomic E-state index is 0.0823. The van der Waals surface area contributed by atoms with Crippen molar-refractivity contribution in [1.29, 1.82) is 0 Å². The molecule has 0 unspecified atom stereocenters. The number of amides is 1. The monoisotopic (exact) mass is 470 g/mol. The van der Waals surface area contributed by atoms with Gasteiger partial charge in [-0.05, 0) is 48.4 Å². The molecule has 2 aliphatic heterocycles. The molecule has 2 aromatic carbocycles. The fourth-order valence-corrected chi connectivity index (χ4v) is 4.42. The molecule has 2 saturated heterocycles. The van der Waals surface area contributed by atoms with E-state index in [2.05, 4.69) is 4.90 Å². The van der Waals surface area contributed by atoms with Gasteiger partial charge in [0.25, 0.3) is 11.7 Å². The maximum Gasteiger partial charge on any atom is 0.295 e. The molecule has 174 valence electrons. The second kappa shape index (κ2) is 10.4. The predicted molar refractivity (Wildman–Crippen MR) is 125 cm³/mol. The number of morpholine rings is 1. The molecule has 0 aliphatic carbocycles. The Hall–Kier alpha value is -2.87. The number of ketones is 1. The van der Waals surface area contributed by atoms with Gasteiger partial charge in [-0.15, -0.1) is 0 Å². The summed E-state index contributed by atoms with van der Waals surface area (Å²) in [5, 5.41) is 11.7. The number of nitrogens with zero attached hydrogens (tertiary/aromatic N) is 2. The SMILES string of the molecule is COc1ccc(C(O)=C2C(=O)C(=O)N(CCCN3CCOCC3)[C@@H]2c2ccc(Cl)cc2)cc1. The van der Waals surface area contributed by atoms with Crippen molar-refractivity contribution in [3.63, 3.8) is 0 Å². The molecule has 1 amide bonds. The zero-order valence-corrected chi connectivity index (χ0v) is 19.3. The summed E-state index contributed by atoms with van der Waals surface area (Å²) in [6.07, 6.45) is 0.708. The van der Waals surface area contributed by atoms with Crippen molar-refractivity contribution in [2.24, 2.45) is 0 Å². The number of hydrogen-bond acceptors (Lipinski definition) is 6. The van der Waals surface area contributed by atoms with Crippen LogP contribution in [0, 0.1) is 0 Å². The highest BCUT2D eigenvalue weighted by atomic mass is 35.5. The average molecular weight is 471 g/mol. The van der Waals surface area contributed by atoms with Crippen LogP contribution in [0.1, 0.15) is 23.6 Å². The fourth-order valence-electron chi connectivity index (χ4n) is 4.30. The summed E-state index contributed by atoms with van der Waals surface area (Å²) in [5.74, 6) is -0.863. The van der Waals surface area contributed by atoms with Crippen LogP contribution < -0.4 is 4.74 Å². The van der Waals surface area contributed by atoms with Crippen LogP contribution in [0.4, 0.5) is 0 Å². The molecule has 1 atom stereocenters. The third-order valence-electron chi connectivity index (χ3n) is 6.07. The smallest absolute Gasteiger partial charge is 0.295 e. The zero-order chi connectivity index (χ0) is 23.4. The number of methoxy groups -OCH3 is 1. The molecule has 4 rings (SSSR count). The molecule has 1 N–H and O–H groups in total. The Kier molecular flexibility index (Phi) is 7.33. The summed E-state index contributed by atoms with van der Waals surface area (Å²) in [7, 11) is 1.55. The largest absolute Gasteiger partial charge is 0.507 e. The molecule has 2 aliphatic rings. The normalized spacial score (nSPS) is 20.9. The maximum atomic E-state index is 13.1.